The maximum Gasteiger partial charge on any atom is 0.254 e. The molecular weight excluding hydrogens is 354 g/mol. The minimum atomic E-state index is -0.450. The van der Waals surface area contributed by atoms with Gasteiger partial charge in [0.1, 0.15) is 0 Å². The number of hydrogen-bond donors (Lipinski definition) is 3. The summed E-state index contributed by atoms with van der Waals surface area (Å²) in [5, 5.41) is 15.6. The highest BCUT2D eigenvalue weighted by Gasteiger charge is 2.24. The summed E-state index contributed by atoms with van der Waals surface area (Å²) in [6.07, 6.45) is 1.85. The molecule has 2 rings (SSSR count). The number of aliphatic imine (C=N–C) groups is 1. The summed E-state index contributed by atoms with van der Waals surface area (Å²) in [4.78, 5) is 28.6. The van der Waals surface area contributed by atoms with Crippen LogP contribution in [0.2, 0.25) is 5.02 Å². The Bertz CT molecular complexity index is 786. The number of hydrogen-bond acceptors (Lipinski definition) is 4. The van der Waals surface area contributed by atoms with E-state index < -0.39 is 5.92 Å². The molecule has 6 nitrogen and oxygen atoms in total. The average Bonchev–Trinajstić information content (AvgIpc) is 2.56. The van der Waals surface area contributed by atoms with E-state index in [1.54, 1.807) is 19.1 Å². The van der Waals surface area contributed by atoms with Crippen LogP contribution in [0, 0.1) is 12.8 Å². The third-order valence-corrected chi connectivity index (χ3v) is 4.55. The van der Waals surface area contributed by atoms with Gasteiger partial charge in [-0.2, -0.15) is 0 Å². The van der Waals surface area contributed by atoms with Gasteiger partial charge in [0.15, 0.2) is 0 Å². The summed E-state index contributed by atoms with van der Waals surface area (Å²) in [5.74, 6) is -1.00. The normalized spacial score (nSPS) is 18.1. The van der Waals surface area contributed by atoms with E-state index in [2.05, 4.69) is 15.6 Å². The lowest BCUT2D eigenvalue weighted by atomic mass is 9.95. The Hall–Kier alpha value is -2.18. The number of anilines is 1. The van der Waals surface area contributed by atoms with Gasteiger partial charge in [0, 0.05) is 34.6 Å². The number of benzene rings is 1. The van der Waals surface area contributed by atoms with Crippen molar-refractivity contribution >= 4 is 34.8 Å². The summed E-state index contributed by atoms with van der Waals surface area (Å²) >= 11 is 6.14. The highest BCUT2D eigenvalue weighted by Crippen LogP contribution is 2.26. The van der Waals surface area contributed by atoms with Gasteiger partial charge in [0.2, 0.25) is 0 Å². The second-order valence-corrected chi connectivity index (χ2v) is 7.03. The molecule has 1 heterocycles. The van der Waals surface area contributed by atoms with Crippen LogP contribution in [0.25, 0.3) is 0 Å². The van der Waals surface area contributed by atoms with Crippen LogP contribution in [0.3, 0.4) is 0 Å². The summed E-state index contributed by atoms with van der Waals surface area (Å²) in [5.41, 5.74) is 3.39. The van der Waals surface area contributed by atoms with Crippen molar-refractivity contribution in [2.75, 3.05) is 18.5 Å². The molecular formula is C19H24ClN3O3. The van der Waals surface area contributed by atoms with Crippen molar-refractivity contribution in [3.63, 3.8) is 0 Å². The third kappa shape index (κ3) is 4.71. The van der Waals surface area contributed by atoms with Crippen LogP contribution in [0.1, 0.15) is 36.7 Å². The molecule has 3 N–H and O–H groups in total. The third-order valence-electron chi connectivity index (χ3n) is 4.33. The van der Waals surface area contributed by atoms with E-state index in [9.17, 15) is 14.7 Å². The Labute approximate surface area is 158 Å². The van der Waals surface area contributed by atoms with Gasteiger partial charge in [0.05, 0.1) is 12.5 Å². The number of rotatable bonds is 6. The van der Waals surface area contributed by atoms with Crippen molar-refractivity contribution < 1.29 is 14.7 Å². The standard InChI is InChI=1S/C19H24ClN3O3/c1-10-5-11(2)23-19(26)16(10)8-21-18(25)15-6-14(20)7-17(13(15)4)22-12(3)9-24/h5-7,12,16,22,24H,8-9H2,1-4H3,(H,21,25). The van der Waals surface area contributed by atoms with Gasteiger partial charge in [-0.3, -0.25) is 9.59 Å². The fourth-order valence-electron chi connectivity index (χ4n) is 2.82. The van der Waals surface area contributed by atoms with Crippen molar-refractivity contribution in [3.8, 4) is 0 Å². The minimum absolute atomic E-state index is 0.0389. The molecule has 7 heteroatoms. The van der Waals surface area contributed by atoms with Crippen LogP contribution in [-0.2, 0) is 4.79 Å². The van der Waals surface area contributed by atoms with Crippen LogP contribution in [0.15, 0.2) is 28.8 Å². The second kappa shape index (κ2) is 8.47. The van der Waals surface area contributed by atoms with Crippen LogP contribution in [0.5, 0.6) is 0 Å². The monoisotopic (exact) mass is 377 g/mol. The number of carbonyl (C=O) groups is 2. The highest BCUT2D eigenvalue weighted by atomic mass is 35.5. The van der Waals surface area contributed by atoms with Gasteiger partial charge in [-0.05, 0) is 51.5 Å². The predicted molar refractivity (Wildman–Crippen MR) is 104 cm³/mol. The number of amides is 2. The Balaban J connectivity index is 2.15. The molecule has 2 unspecified atom stereocenters. The number of nitrogens with one attached hydrogen (secondary N) is 2. The number of nitrogens with zero attached hydrogens (tertiary/aromatic N) is 1. The first kappa shape index (κ1) is 20.1. The lowest BCUT2D eigenvalue weighted by molar-refractivity contribution is -0.120. The summed E-state index contributed by atoms with van der Waals surface area (Å²) in [7, 11) is 0. The van der Waals surface area contributed by atoms with E-state index in [-0.39, 0.29) is 31.0 Å². The number of dihydropyridines is 1. The zero-order valence-electron chi connectivity index (χ0n) is 15.4. The first-order valence-electron chi connectivity index (χ1n) is 8.46. The fraction of sp³-hybridized carbons (Fsp3) is 0.421. The predicted octanol–water partition coefficient (Wildman–Crippen LogP) is 2.73. The molecule has 2 atom stereocenters. The van der Waals surface area contributed by atoms with Crippen LogP contribution >= 0.6 is 11.6 Å². The van der Waals surface area contributed by atoms with Crippen LogP contribution in [0.4, 0.5) is 5.69 Å². The molecule has 0 saturated heterocycles. The molecule has 2 amide bonds. The van der Waals surface area contributed by atoms with E-state index >= 15 is 0 Å². The smallest absolute Gasteiger partial charge is 0.254 e. The van der Waals surface area contributed by atoms with Crippen LogP contribution < -0.4 is 10.6 Å². The molecule has 0 fully saturated rings. The first-order valence-corrected chi connectivity index (χ1v) is 8.83. The van der Waals surface area contributed by atoms with Gasteiger partial charge in [-0.1, -0.05) is 17.2 Å². The SMILES string of the molecule is CC1=CC(C)=NC(=O)C1CNC(=O)c1cc(Cl)cc(NC(C)CO)c1C. The second-order valence-electron chi connectivity index (χ2n) is 6.60. The van der Waals surface area contributed by atoms with E-state index in [4.69, 9.17) is 11.6 Å². The molecule has 0 aromatic heterocycles. The molecule has 26 heavy (non-hydrogen) atoms. The molecule has 0 saturated carbocycles. The molecule has 0 aliphatic carbocycles. The van der Waals surface area contributed by atoms with Crippen molar-refractivity contribution in [2.24, 2.45) is 10.9 Å². The molecule has 1 aromatic carbocycles. The Kier molecular flexibility index (Phi) is 6.56. The van der Waals surface area contributed by atoms with Crippen molar-refractivity contribution in [3.05, 3.63) is 39.9 Å². The Morgan fingerprint density at radius 1 is 1.35 bits per heavy atom. The molecule has 0 radical (unpaired) electrons. The fourth-order valence-corrected chi connectivity index (χ4v) is 3.04. The Morgan fingerprint density at radius 3 is 2.65 bits per heavy atom. The van der Waals surface area contributed by atoms with E-state index in [0.717, 1.165) is 11.1 Å². The topological polar surface area (TPSA) is 90.8 Å². The number of allylic oxidation sites excluding steroid dienone is 1. The zero-order valence-corrected chi connectivity index (χ0v) is 16.1. The maximum absolute atomic E-state index is 12.6. The number of halogens is 1. The van der Waals surface area contributed by atoms with Crippen LogP contribution in [-0.4, -0.2) is 41.8 Å². The lowest BCUT2D eigenvalue weighted by Gasteiger charge is -2.20. The maximum atomic E-state index is 12.6. The average molecular weight is 378 g/mol. The largest absolute Gasteiger partial charge is 0.394 e. The molecule has 140 valence electrons. The minimum Gasteiger partial charge on any atom is -0.394 e. The van der Waals surface area contributed by atoms with Gasteiger partial charge in [0.25, 0.3) is 11.8 Å². The zero-order chi connectivity index (χ0) is 19.4. The number of aliphatic hydroxyl groups is 1. The molecule has 0 bridgehead atoms. The molecule has 1 aliphatic rings. The number of aliphatic hydroxyl groups excluding tert-OH is 1. The number of carbonyl (C=O) groups excluding carboxylic acids is 2. The van der Waals surface area contributed by atoms with Gasteiger partial charge < -0.3 is 15.7 Å². The summed E-state index contributed by atoms with van der Waals surface area (Å²) in [6, 6.07) is 3.14. The van der Waals surface area contributed by atoms with E-state index in [1.165, 1.54) is 0 Å². The van der Waals surface area contributed by atoms with Gasteiger partial charge in [-0.15, -0.1) is 0 Å². The van der Waals surface area contributed by atoms with Crippen molar-refractivity contribution in [1.29, 1.82) is 0 Å². The van der Waals surface area contributed by atoms with Gasteiger partial charge in [-0.25, -0.2) is 4.99 Å². The van der Waals surface area contributed by atoms with E-state index in [1.807, 2.05) is 26.8 Å². The highest BCUT2D eigenvalue weighted by molar-refractivity contribution is 6.31. The quantitative estimate of drug-likeness (QED) is 0.710. The molecule has 1 aromatic rings. The van der Waals surface area contributed by atoms with Crippen molar-refractivity contribution in [1.82, 2.24) is 5.32 Å². The summed E-state index contributed by atoms with van der Waals surface area (Å²) in [6.45, 7) is 7.40. The van der Waals surface area contributed by atoms with E-state index in [0.29, 0.717) is 22.0 Å². The van der Waals surface area contributed by atoms with Gasteiger partial charge >= 0.3 is 0 Å². The summed E-state index contributed by atoms with van der Waals surface area (Å²) < 4.78 is 0. The van der Waals surface area contributed by atoms with Crippen molar-refractivity contribution in [2.45, 2.75) is 33.7 Å². The Morgan fingerprint density at radius 2 is 2.04 bits per heavy atom. The molecule has 0 spiro atoms. The first-order chi connectivity index (χ1) is 12.2. The lowest BCUT2D eigenvalue weighted by Crippen LogP contribution is -2.35. The molecule has 1 aliphatic heterocycles.